The molecule has 1 amide bonds. The quantitative estimate of drug-likeness (QED) is 0.444. The minimum Gasteiger partial charge on any atom is -0.390 e. The molecule has 156 valence electrons. The van der Waals surface area contributed by atoms with Crippen molar-refractivity contribution >= 4 is 16.8 Å². The maximum absolute atomic E-state index is 13.4. The van der Waals surface area contributed by atoms with Crippen molar-refractivity contribution in [3.63, 3.8) is 0 Å². The molecule has 1 aliphatic rings. The summed E-state index contributed by atoms with van der Waals surface area (Å²) in [7, 11) is 0. The Morgan fingerprint density at radius 1 is 1.03 bits per heavy atom. The summed E-state index contributed by atoms with van der Waals surface area (Å²) in [5, 5.41) is 14.5. The van der Waals surface area contributed by atoms with Gasteiger partial charge in [-0.3, -0.25) is 4.79 Å². The lowest BCUT2D eigenvalue weighted by Gasteiger charge is -2.18. The molecule has 2 atom stereocenters. The van der Waals surface area contributed by atoms with E-state index < -0.39 is 6.10 Å². The third-order valence-electron chi connectivity index (χ3n) is 6.07. The number of hydrogen-bond donors (Lipinski definition) is 3. The normalized spacial score (nSPS) is 17.6. The topological polar surface area (TPSA) is 65.1 Å². The maximum Gasteiger partial charge on any atom is 0.220 e. The van der Waals surface area contributed by atoms with Crippen molar-refractivity contribution in [3.05, 3.63) is 95.3 Å². The largest absolute Gasteiger partial charge is 0.390 e. The predicted octanol–water partition coefficient (Wildman–Crippen LogP) is 4.68. The number of aliphatic hydroxyl groups is 1. The molecule has 0 fully saturated rings. The number of rotatable bonds is 5. The molecule has 0 unspecified atom stereocenters. The van der Waals surface area contributed by atoms with Crippen LogP contribution >= 0.6 is 0 Å². The smallest absolute Gasteiger partial charge is 0.220 e. The van der Waals surface area contributed by atoms with Crippen molar-refractivity contribution in [2.75, 3.05) is 0 Å². The van der Waals surface area contributed by atoms with E-state index in [9.17, 15) is 14.3 Å². The van der Waals surface area contributed by atoms with Crippen molar-refractivity contribution in [2.45, 2.75) is 31.4 Å². The number of aromatic amines is 1. The fourth-order valence-corrected chi connectivity index (χ4v) is 4.55. The van der Waals surface area contributed by atoms with Crippen LogP contribution in [0.1, 0.15) is 29.2 Å². The van der Waals surface area contributed by atoms with E-state index in [2.05, 4.69) is 10.3 Å². The van der Waals surface area contributed by atoms with Crippen LogP contribution in [-0.4, -0.2) is 22.1 Å². The van der Waals surface area contributed by atoms with Gasteiger partial charge >= 0.3 is 0 Å². The summed E-state index contributed by atoms with van der Waals surface area (Å²) in [5.41, 5.74) is 5.87. The predicted molar refractivity (Wildman–Crippen MR) is 119 cm³/mol. The number of amides is 1. The van der Waals surface area contributed by atoms with E-state index in [1.165, 1.54) is 12.1 Å². The molecule has 0 aliphatic heterocycles. The van der Waals surface area contributed by atoms with Gasteiger partial charge in [0.25, 0.3) is 0 Å². The third-order valence-corrected chi connectivity index (χ3v) is 6.07. The summed E-state index contributed by atoms with van der Waals surface area (Å²) in [6, 6.07) is 21.8. The number of fused-ring (bicyclic) bond motifs is 2. The first-order valence-electron chi connectivity index (χ1n) is 10.5. The fraction of sp³-hybridized carbons (Fsp3) is 0.192. The molecule has 31 heavy (non-hydrogen) atoms. The van der Waals surface area contributed by atoms with Gasteiger partial charge in [0.15, 0.2) is 0 Å². The Kier molecular flexibility index (Phi) is 5.04. The van der Waals surface area contributed by atoms with Crippen LogP contribution < -0.4 is 5.32 Å². The zero-order chi connectivity index (χ0) is 21.4. The molecule has 5 rings (SSSR count). The number of aromatic nitrogens is 1. The molecule has 4 nitrogen and oxygen atoms in total. The summed E-state index contributed by atoms with van der Waals surface area (Å²) in [6.07, 6.45) is 0.774. The number of H-pyrrole nitrogens is 1. The Morgan fingerprint density at radius 3 is 2.61 bits per heavy atom. The third kappa shape index (κ3) is 3.73. The first-order chi connectivity index (χ1) is 15.1. The van der Waals surface area contributed by atoms with Gasteiger partial charge in [-0.1, -0.05) is 42.5 Å². The van der Waals surface area contributed by atoms with Gasteiger partial charge in [-0.05, 0) is 59.0 Å². The molecule has 3 N–H and O–H groups in total. The van der Waals surface area contributed by atoms with E-state index in [0.717, 1.165) is 38.9 Å². The van der Waals surface area contributed by atoms with Crippen LogP contribution in [0.5, 0.6) is 0 Å². The number of benzene rings is 3. The van der Waals surface area contributed by atoms with Crippen LogP contribution in [0.4, 0.5) is 4.39 Å². The summed E-state index contributed by atoms with van der Waals surface area (Å²) >= 11 is 0. The average Bonchev–Trinajstić information content (AvgIpc) is 3.30. The second-order valence-corrected chi connectivity index (χ2v) is 8.05. The van der Waals surface area contributed by atoms with Gasteiger partial charge in [0, 0.05) is 29.4 Å². The molecule has 0 bridgehead atoms. The van der Waals surface area contributed by atoms with E-state index in [4.69, 9.17) is 0 Å². The van der Waals surface area contributed by atoms with Crippen LogP contribution in [0.25, 0.3) is 22.2 Å². The SMILES string of the molecule is O=C(CCc1c(-c2ccc(F)cc2)[nH]c2ccccc12)N[C@@H]1c2ccccc2C[C@H]1O. The van der Waals surface area contributed by atoms with Crippen LogP contribution in [0, 0.1) is 5.82 Å². The summed E-state index contributed by atoms with van der Waals surface area (Å²) in [5.74, 6) is -0.382. The summed E-state index contributed by atoms with van der Waals surface area (Å²) < 4.78 is 13.4. The van der Waals surface area contributed by atoms with Gasteiger partial charge in [-0.2, -0.15) is 0 Å². The van der Waals surface area contributed by atoms with E-state index in [0.29, 0.717) is 19.3 Å². The lowest BCUT2D eigenvalue weighted by atomic mass is 10.0. The molecule has 0 saturated heterocycles. The number of carbonyl (C=O) groups excluding carboxylic acids is 1. The van der Waals surface area contributed by atoms with Crippen molar-refractivity contribution in [2.24, 2.45) is 0 Å². The van der Waals surface area contributed by atoms with Crippen LogP contribution in [0.2, 0.25) is 0 Å². The molecule has 1 heterocycles. The van der Waals surface area contributed by atoms with Gasteiger partial charge in [0.1, 0.15) is 5.82 Å². The number of nitrogens with one attached hydrogen (secondary N) is 2. The van der Waals surface area contributed by atoms with Crippen molar-refractivity contribution in [3.8, 4) is 11.3 Å². The molecule has 5 heteroatoms. The van der Waals surface area contributed by atoms with Gasteiger partial charge in [0.2, 0.25) is 5.91 Å². The molecule has 4 aromatic rings. The Hall–Kier alpha value is -3.44. The van der Waals surface area contributed by atoms with E-state index >= 15 is 0 Å². The molecular formula is C26H23FN2O2. The minimum absolute atomic E-state index is 0.101. The van der Waals surface area contributed by atoms with Crippen LogP contribution in [0.3, 0.4) is 0 Å². The number of para-hydroxylation sites is 1. The van der Waals surface area contributed by atoms with Gasteiger partial charge in [-0.15, -0.1) is 0 Å². The Labute approximate surface area is 179 Å². The maximum atomic E-state index is 13.4. The Morgan fingerprint density at radius 2 is 1.77 bits per heavy atom. The van der Waals surface area contributed by atoms with Gasteiger partial charge < -0.3 is 15.4 Å². The molecule has 0 saturated carbocycles. The second-order valence-electron chi connectivity index (χ2n) is 8.05. The van der Waals surface area contributed by atoms with Crippen molar-refractivity contribution in [1.82, 2.24) is 10.3 Å². The van der Waals surface area contributed by atoms with Crippen LogP contribution in [-0.2, 0) is 17.6 Å². The van der Waals surface area contributed by atoms with Crippen molar-refractivity contribution < 1.29 is 14.3 Å². The summed E-state index contributed by atoms with van der Waals surface area (Å²) in [4.78, 5) is 16.2. The van der Waals surface area contributed by atoms with Crippen LogP contribution in [0.15, 0.2) is 72.8 Å². The Bertz CT molecular complexity index is 1250. The monoisotopic (exact) mass is 414 g/mol. The zero-order valence-corrected chi connectivity index (χ0v) is 16.9. The molecular weight excluding hydrogens is 391 g/mol. The first kappa shape index (κ1) is 19.5. The highest BCUT2D eigenvalue weighted by atomic mass is 19.1. The van der Waals surface area contributed by atoms with E-state index in [1.807, 2.05) is 48.5 Å². The zero-order valence-electron chi connectivity index (χ0n) is 16.9. The van der Waals surface area contributed by atoms with Crippen molar-refractivity contribution in [1.29, 1.82) is 0 Å². The lowest BCUT2D eigenvalue weighted by molar-refractivity contribution is -0.122. The highest BCUT2D eigenvalue weighted by Gasteiger charge is 2.31. The average molecular weight is 414 g/mol. The number of hydrogen-bond acceptors (Lipinski definition) is 2. The molecule has 1 aromatic heterocycles. The number of aryl methyl sites for hydroxylation is 1. The molecule has 0 spiro atoms. The molecule has 0 radical (unpaired) electrons. The second kappa shape index (κ2) is 8.00. The number of carbonyl (C=O) groups is 1. The Balaban J connectivity index is 1.38. The van der Waals surface area contributed by atoms with E-state index in [-0.39, 0.29) is 17.8 Å². The minimum atomic E-state index is -0.607. The molecule has 3 aromatic carbocycles. The first-order valence-corrected chi connectivity index (χ1v) is 10.5. The molecule has 1 aliphatic carbocycles. The highest BCUT2D eigenvalue weighted by Crippen LogP contribution is 2.33. The highest BCUT2D eigenvalue weighted by molar-refractivity contribution is 5.91. The van der Waals surface area contributed by atoms with E-state index in [1.54, 1.807) is 12.1 Å². The number of halogens is 1. The lowest BCUT2D eigenvalue weighted by Crippen LogP contribution is -2.34. The number of aliphatic hydroxyl groups excluding tert-OH is 1. The summed E-state index contributed by atoms with van der Waals surface area (Å²) in [6.45, 7) is 0. The van der Waals surface area contributed by atoms with Gasteiger partial charge in [-0.25, -0.2) is 4.39 Å². The fourth-order valence-electron chi connectivity index (χ4n) is 4.55. The van der Waals surface area contributed by atoms with Gasteiger partial charge in [0.05, 0.1) is 12.1 Å². The standard InChI is InChI=1S/C26H23FN2O2/c27-18-11-9-16(10-12-18)25-21(20-7-3-4-8-22(20)28-25)13-14-24(31)29-26-19-6-2-1-5-17(19)15-23(26)30/h1-12,23,26,28,30H,13-15H2,(H,29,31)/t23-,26-/m1/s1.